The summed E-state index contributed by atoms with van der Waals surface area (Å²) < 4.78 is 0. The number of carbonyl (C=O) groups excluding carboxylic acids is 3. The highest BCUT2D eigenvalue weighted by Gasteiger charge is 2.34. The molecule has 0 N–H and O–H groups in total. The van der Waals surface area contributed by atoms with E-state index in [1.54, 1.807) is 0 Å². The fourth-order valence-electron chi connectivity index (χ4n) is 3.04. The lowest BCUT2D eigenvalue weighted by molar-refractivity contribution is -0.139. The minimum atomic E-state index is -0.144. The molecule has 0 radical (unpaired) electrons. The summed E-state index contributed by atoms with van der Waals surface area (Å²) in [5.41, 5.74) is 0. The average molecular weight is 294 g/mol. The van der Waals surface area contributed by atoms with Crippen molar-refractivity contribution in [2.45, 2.75) is 52.4 Å². The molecule has 0 spiro atoms. The van der Waals surface area contributed by atoms with Crippen LogP contribution in [-0.2, 0) is 14.4 Å². The molecule has 5 nitrogen and oxygen atoms in total. The van der Waals surface area contributed by atoms with Gasteiger partial charge in [-0.05, 0) is 18.8 Å². The number of hydrogen-bond donors (Lipinski definition) is 0. The van der Waals surface area contributed by atoms with E-state index in [1.165, 1.54) is 4.90 Å². The SMILES string of the molecule is CC1CN(C(=O)CCCCCCN2C(=O)CC(C)C2=O)C1. The second kappa shape index (κ2) is 7.05. The largest absolute Gasteiger partial charge is 0.342 e. The van der Waals surface area contributed by atoms with Crippen LogP contribution < -0.4 is 0 Å². The quantitative estimate of drug-likeness (QED) is 0.531. The van der Waals surface area contributed by atoms with Crippen LogP contribution >= 0.6 is 0 Å². The smallest absolute Gasteiger partial charge is 0.232 e. The molecule has 0 saturated carbocycles. The standard InChI is InChI=1S/C16H26N2O3/c1-12-10-17(11-12)14(19)7-5-3-4-6-8-18-15(20)9-13(2)16(18)21/h12-13H,3-11H2,1-2H3. The summed E-state index contributed by atoms with van der Waals surface area (Å²) in [7, 11) is 0. The van der Waals surface area contributed by atoms with Crippen LogP contribution in [0.3, 0.4) is 0 Å². The summed E-state index contributed by atoms with van der Waals surface area (Å²) in [6.45, 7) is 6.33. The van der Waals surface area contributed by atoms with E-state index >= 15 is 0 Å². The van der Waals surface area contributed by atoms with E-state index in [2.05, 4.69) is 6.92 Å². The van der Waals surface area contributed by atoms with Crippen LogP contribution in [-0.4, -0.2) is 47.2 Å². The molecule has 0 bridgehead atoms. The Hall–Kier alpha value is -1.39. The molecule has 1 atom stereocenters. The van der Waals surface area contributed by atoms with Gasteiger partial charge >= 0.3 is 0 Å². The van der Waals surface area contributed by atoms with Gasteiger partial charge in [-0.1, -0.05) is 26.7 Å². The zero-order chi connectivity index (χ0) is 15.4. The van der Waals surface area contributed by atoms with Crippen LogP contribution in [0.5, 0.6) is 0 Å². The van der Waals surface area contributed by atoms with Crippen molar-refractivity contribution < 1.29 is 14.4 Å². The highest BCUT2D eigenvalue weighted by molar-refractivity contribution is 6.03. The second-order valence-corrected chi connectivity index (χ2v) is 6.56. The van der Waals surface area contributed by atoms with Gasteiger partial charge in [-0.15, -0.1) is 0 Å². The van der Waals surface area contributed by atoms with Gasteiger partial charge in [0.1, 0.15) is 0 Å². The zero-order valence-corrected chi connectivity index (χ0v) is 13.1. The fourth-order valence-corrected chi connectivity index (χ4v) is 3.04. The first-order chi connectivity index (χ1) is 9.99. The summed E-state index contributed by atoms with van der Waals surface area (Å²) in [6.07, 6.45) is 4.70. The normalized spacial score (nSPS) is 22.9. The Morgan fingerprint density at radius 2 is 1.76 bits per heavy atom. The van der Waals surface area contributed by atoms with E-state index in [1.807, 2.05) is 11.8 Å². The third-order valence-corrected chi connectivity index (χ3v) is 4.41. The molecular formula is C16H26N2O3. The van der Waals surface area contributed by atoms with E-state index < -0.39 is 0 Å². The predicted molar refractivity (Wildman–Crippen MR) is 79.3 cm³/mol. The third kappa shape index (κ3) is 4.05. The van der Waals surface area contributed by atoms with Crippen molar-refractivity contribution >= 4 is 17.7 Å². The molecule has 2 aliphatic heterocycles. The van der Waals surface area contributed by atoms with Gasteiger partial charge in [-0.3, -0.25) is 19.3 Å². The van der Waals surface area contributed by atoms with Crippen molar-refractivity contribution in [2.75, 3.05) is 19.6 Å². The summed E-state index contributed by atoms with van der Waals surface area (Å²) in [5, 5.41) is 0. The molecule has 3 amide bonds. The lowest BCUT2D eigenvalue weighted by atomic mass is 10.0. The number of amides is 3. The first-order valence-electron chi connectivity index (χ1n) is 8.11. The molecular weight excluding hydrogens is 268 g/mol. The molecule has 2 fully saturated rings. The Balaban J connectivity index is 1.51. The molecule has 0 aromatic rings. The Labute approximate surface area is 126 Å². The lowest BCUT2D eigenvalue weighted by Gasteiger charge is -2.37. The number of unbranched alkanes of at least 4 members (excludes halogenated alkanes) is 3. The van der Waals surface area contributed by atoms with Gasteiger partial charge < -0.3 is 4.90 Å². The van der Waals surface area contributed by atoms with Crippen molar-refractivity contribution in [3.05, 3.63) is 0 Å². The van der Waals surface area contributed by atoms with Gasteiger partial charge in [-0.2, -0.15) is 0 Å². The van der Waals surface area contributed by atoms with E-state index in [-0.39, 0.29) is 23.6 Å². The molecule has 0 aromatic carbocycles. The average Bonchev–Trinajstić information content (AvgIpc) is 2.64. The van der Waals surface area contributed by atoms with E-state index in [9.17, 15) is 14.4 Å². The van der Waals surface area contributed by atoms with E-state index in [0.717, 1.165) is 38.8 Å². The highest BCUT2D eigenvalue weighted by atomic mass is 16.2. The van der Waals surface area contributed by atoms with Crippen molar-refractivity contribution in [1.82, 2.24) is 9.80 Å². The summed E-state index contributed by atoms with van der Waals surface area (Å²) in [4.78, 5) is 38.4. The molecule has 118 valence electrons. The molecule has 2 rings (SSSR count). The highest BCUT2D eigenvalue weighted by Crippen LogP contribution is 2.20. The molecule has 0 aromatic heterocycles. The molecule has 0 aliphatic carbocycles. The van der Waals surface area contributed by atoms with Crippen molar-refractivity contribution in [3.63, 3.8) is 0 Å². The second-order valence-electron chi connectivity index (χ2n) is 6.56. The number of likely N-dealkylation sites (tertiary alicyclic amines) is 2. The summed E-state index contributed by atoms with van der Waals surface area (Å²) >= 11 is 0. The number of nitrogens with zero attached hydrogens (tertiary/aromatic N) is 2. The summed E-state index contributed by atoms with van der Waals surface area (Å²) in [5.74, 6) is 0.726. The van der Waals surface area contributed by atoms with Gasteiger partial charge in [0.05, 0.1) is 0 Å². The maximum absolute atomic E-state index is 11.8. The molecule has 5 heteroatoms. The molecule has 1 unspecified atom stereocenters. The van der Waals surface area contributed by atoms with Gasteiger partial charge in [0.25, 0.3) is 0 Å². The van der Waals surface area contributed by atoms with Crippen LogP contribution in [0.2, 0.25) is 0 Å². The number of imide groups is 1. The molecule has 2 heterocycles. The predicted octanol–water partition coefficient (Wildman–Crippen LogP) is 1.81. The monoisotopic (exact) mass is 294 g/mol. The van der Waals surface area contributed by atoms with Crippen molar-refractivity contribution in [2.24, 2.45) is 11.8 Å². The zero-order valence-electron chi connectivity index (χ0n) is 13.1. The van der Waals surface area contributed by atoms with Crippen LogP contribution in [0, 0.1) is 11.8 Å². The van der Waals surface area contributed by atoms with Crippen LogP contribution in [0.4, 0.5) is 0 Å². The minimum absolute atomic E-state index is 0.0259. The first-order valence-corrected chi connectivity index (χ1v) is 8.11. The number of hydrogen-bond acceptors (Lipinski definition) is 3. The lowest BCUT2D eigenvalue weighted by Crippen LogP contribution is -2.48. The van der Waals surface area contributed by atoms with Crippen LogP contribution in [0.25, 0.3) is 0 Å². The van der Waals surface area contributed by atoms with Gasteiger partial charge in [-0.25, -0.2) is 0 Å². The Morgan fingerprint density at radius 1 is 1.10 bits per heavy atom. The van der Waals surface area contributed by atoms with Gasteiger partial charge in [0.15, 0.2) is 0 Å². The molecule has 2 saturated heterocycles. The van der Waals surface area contributed by atoms with Crippen molar-refractivity contribution in [1.29, 1.82) is 0 Å². The maximum Gasteiger partial charge on any atom is 0.232 e. The van der Waals surface area contributed by atoms with E-state index in [0.29, 0.717) is 25.3 Å². The van der Waals surface area contributed by atoms with Gasteiger partial charge in [0.2, 0.25) is 17.7 Å². The van der Waals surface area contributed by atoms with E-state index in [4.69, 9.17) is 0 Å². The third-order valence-electron chi connectivity index (χ3n) is 4.41. The van der Waals surface area contributed by atoms with Gasteiger partial charge in [0, 0.05) is 38.4 Å². The fraction of sp³-hybridized carbons (Fsp3) is 0.812. The van der Waals surface area contributed by atoms with Crippen LogP contribution in [0.15, 0.2) is 0 Å². The van der Waals surface area contributed by atoms with Crippen LogP contribution in [0.1, 0.15) is 52.4 Å². The minimum Gasteiger partial charge on any atom is -0.342 e. The topological polar surface area (TPSA) is 57.7 Å². The number of rotatable bonds is 7. The summed E-state index contributed by atoms with van der Waals surface area (Å²) in [6, 6.07) is 0. The number of carbonyl (C=O) groups is 3. The Bertz CT molecular complexity index is 416. The Kier molecular flexibility index (Phi) is 5.37. The van der Waals surface area contributed by atoms with Crippen molar-refractivity contribution in [3.8, 4) is 0 Å². The maximum atomic E-state index is 11.8. The first kappa shape index (κ1) is 16.0. The molecule has 2 aliphatic rings. The molecule has 21 heavy (non-hydrogen) atoms. The Morgan fingerprint density at radius 3 is 2.33 bits per heavy atom.